The minimum atomic E-state index is -0.800. The van der Waals surface area contributed by atoms with Gasteiger partial charge in [-0.15, -0.1) is 0 Å². The number of ether oxygens (including phenoxy) is 2. The molecule has 0 aromatic heterocycles. The topological polar surface area (TPSA) is 72.8 Å². The van der Waals surface area contributed by atoms with Gasteiger partial charge >= 0.3 is 11.9 Å². The third-order valence-electron chi connectivity index (χ3n) is 10.8. The molecule has 0 aromatic rings. The first-order valence-corrected chi connectivity index (χ1v) is 27.0. The second-order valence-electron chi connectivity index (χ2n) is 17.2. The lowest BCUT2D eigenvalue weighted by Crippen LogP contribution is -2.28. The van der Waals surface area contributed by atoms with Crippen LogP contribution >= 0.6 is 0 Å². The van der Waals surface area contributed by atoms with E-state index < -0.39 is 6.10 Å². The first kappa shape index (κ1) is 63.5. The summed E-state index contributed by atoms with van der Waals surface area (Å²) >= 11 is 0. The van der Waals surface area contributed by atoms with Crippen LogP contribution in [-0.2, 0) is 19.1 Å². The van der Waals surface area contributed by atoms with Crippen molar-refractivity contribution in [3.63, 3.8) is 0 Å². The van der Waals surface area contributed by atoms with E-state index in [1.54, 1.807) is 0 Å². The number of rotatable bonds is 47. The highest BCUT2D eigenvalue weighted by Gasteiger charge is 2.16. The third-order valence-corrected chi connectivity index (χ3v) is 10.8. The average Bonchev–Trinajstić information content (AvgIpc) is 3.34. The first-order valence-electron chi connectivity index (χ1n) is 27.0. The van der Waals surface area contributed by atoms with Crippen LogP contribution in [-0.4, -0.2) is 36.4 Å². The number of unbranched alkanes of at least 4 members (excludes halogenated alkanes) is 13. The number of carbonyl (C=O) groups is 2. The highest BCUT2D eigenvalue weighted by molar-refractivity contribution is 5.70. The SMILES string of the molecule is CC/C=C\C/C=C\C/C=C\C/C=C\C/C=C\C/C=C\C/C=C\CCCCCCCC(=O)OC(CO)COC(=O)CCCCCCCCCC/C=C\C/C=C\C/C=C\C/C=C\C/C=C\C/C=C\CC. The van der Waals surface area contributed by atoms with Gasteiger partial charge in [-0.05, 0) is 122 Å². The van der Waals surface area contributed by atoms with Gasteiger partial charge in [0.25, 0.3) is 0 Å². The van der Waals surface area contributed by atoms with Crippen LogP contribution < -0.4 is 0 Å². The van der Waals surface area contributed by atoms with Gasteiger partial charge in [0, 0.05) is 12.8 Å². The molecule has 0 saturated heterocycles. The van der Waals surface area contributed by atoms with Crippen molar-refractivity contribution < 1.29 is 24.2 Å². The molecule has 68 heavy (non-hydrogen) atoms. The standard InChI is InChI=1S/C63H98O5/c1-3-5-7-9-11-13-15-17-19-21-23-25-27-29-31-33-35-37-39-41-43-45-47-49-51-53-55-57-62(65)67-60-61(59-64)68-63(66)58-56-54-52-50-48-46-44-42-40-38-36-34-32-30-28-26-24-22-20-18-16-14-12-10-8-6-4-2/h5-8,11-14,17-20,23-26,29-32,35-38,42,44,61,64H,3-4,9-10,15-16,21-22,27-28,33-34,39-41,43,45-60H2,1-2H3/b7-5-,8-6-,13-11-,14-12-,19-17-,20-18-,25-23-,26-24-,31-29-,32-30-,37-35-,38-36-,44-42-. The molecule has 0 bridgehead atoms. The molecule has 0 rings (SSSR count). The molecule has 1 unspecified atom stereocenters. The van der Waals surface area contributed by atoms with E-state index in [9.17, 15) is 14.7 Å². The van der Waals surface area contributed by atoms with Crippen LogP contribution in [0.1, 0.15) is 206 Å². The molecule has 0 radical (unpaired) electrons. The summed E-state index contributed by atoms with van der Waals surface area (Å²) in [4.78, 5) is 24.5. The summed E-state index contributed by atoms with van der Waals surface area (Å²) < 4.78 is 10.7. The van der Waals surface area contributed by atoms with Crippen LogP contribution in [0.25, 0.3) is 0 Å². The summed E-state index contributed by atoms with van der Waals surface area (Å²) in [7, 11) is 0. The maximum atomic E-state index is 12.3. The summed E-state index contributed by atoms with van der Waals surface area (Å²) in [5.41, 5.74) is 0. The molecule has 0 aromatic carbocycles. The van der Waals surface area contributed by atoms with E-state index >= 15 is 0 Å². The zero-order chi connectivity index (χ0) is 49.2. The van der Waals surface area contributed by atoms with E-state index in [0.717, 1.165) is 148 Å². The molecule has 0 fully saturated rings. The molecule has 0 aliphatic carbocycles. The Labute approximate surface area is 418 Å². The maximum Gasteiger partial charge on any atom is 0.306 e. The summed E-state index contributed by atoms with van der Waals surface area (Å²) in [6.07, 6.45) is 87.6. The molecule has 0 saturated carbocycles. The fourth-order valence-corrected chi connectivity index (χ4v) is 6.83. The molecule has 0 aliphatic heterocycles. The lowest BCUT2D eigenvalue weighted by Gasteiger charge is -2.15. The van der Waals surface area contributed by atoms with E-state index in [4.69, 9.17) is 9.47 Å². The van der Waals surface area contributed by atoms with Gasteiger partial charge in [-0.1, -0.05) is 230 Å². The number of esters is 2. The minimum Gasteiger partial charge on any atom is -0.462 e. The normalized spacial score (nSPS) is 13.5. The Hall–Kier alpha value is -4.48. The highest BCUT2D eigenvalue weighted by Crippen LogP contribution is 2.13. The number of hydrogen-bond acceptors (Lipinski definition) is 5. The minimum absolute atomic E-state index is 0.0900. The van der Waals surface area contributed by atoms with Gasteiger partial charge in [0.15, 0.2) is 6.10 Å². The van der Waals surface area contributed by atoms with Gasteiger partial charge in [0.05, 0.1) is 6.61 Å². The van der Waals surface area contributed by atoms with Crippen LogP contribution in [0.2, 0.25) is 0 Å². The third kappa shape index (κ3) is 54.1. The Morgan fingerprint density at radius 2 is 0.588 bits per heavy atom. The van der Waals surface area contributed by atoms with Crippen LogP contribution in [0.3, 0.4) is 0 Å². The van der Waals surface area contributed by atoms with Crippen molar-refractivity contribution in [2.75, 3.05) is 13.2 Å². The number of allylic oxidation sites excluding steroid dienone is 26. The zero-order valence-corrected chi connectivity index (χ0v) is 43.3. The molecule has 5 nitrogen and oxygen atoms in total. The predicted molar refractivity (Wildman–Crippen MR) is 297 cm³/mol. The predicted octanol–water partition coefficient (Wildman–Crippen LogP) is 18.4. The Morgan fingerprint density at radius 3 is 0.882 bits per heavy atom. The second-order valence-corrected chi connectivity index (χ2v) is 17.2. The number of aliphatic hydroxyl groups excluding tert-OH is 1. The van der Waals surface area contributed by atoms with Crippen molar-refractivity contribution in [2.45, 2.75) is 213 Å². The van der Waals surface area contributed by atoms with Crippen molar-refractivity contribution in [1.29, 1.82) is 0 Å². The second kappa shape index (κ2) is 56.8. The van der Waals surface area contributed by atoms with Gasteiger partial charge in [-0.3, -0.25) is 9.59 Å². The fourth-order valence-electron chi connectivity index (χ4n) is 6.83. The summed E-state index contributed by atoms with van der Waals surface area (Å²) in [6.45, 7) is 3.88. The Morgan fingerprint density at radius 1 is 0.338 bits per heavy atom. The molecule has 0 heterocycles. The first-order chi connectivity index (χ1) is 33.6. The fraction of sp³-hybridized carbons (Fsp3) is 0.556. The van der Waals surface area contributed by atoms with Gasteiger partial charge in [-0.25, -0.2) is 0 Å². The van der Waals surface area contributed by atoms with E-state index in [0.29, 0.717) is 12.8 Å². The zero-order valence-electron chi connectivity index (χ0n) is 43.3. The Bertz CT molecular complexity index is 1520. The molecule has 1 N–H and O–H groups in total. The monoisotopic (exact) mass is 935 g/mol. The molecular weight excluding hydrogens is 837 g/mol. The Kier molecular flexibility index (Phi) is 53.1. The van der Waals surface area contributed by atoms with Gasteiger partial charge < -0.3 is 14.6 Å². The lowest BCUT2D eigenvalue weighted by atomic mass is 10.1. The van der Waals surface area contributed by atoms with E-state index in [1.807, 2.05) is 0 Å². The van der Waals surface area contributed by atoms with Gasteiger partial charge in [-0.2, -0.15) is 0 Å². The summed E-state index contributed by atoms with van der Waals surface area (Å²) in [6, 6.07) is 0. The smallest absolute Gasteiger partial charge is 0.306 e. The summed E-state index contributed by atoms with van der Waals surface area (Å²) in [5.74, 6) is -0.636. The van der Waals surface area contributed by atoms with Crippen LogP contribution in [0.15, 0.2) is 158 Å². The van der Waals surface area contributed by atoms with Crippen LogP contribution in [0, 0.1) is 0 Å². The number of hydrogen-bond donors (Lipinski definition) is 1. The van der Waals surface area contributed by atoms with E-state index in [2.05, 4.69) is 172 Å². The van der Waals surface area contributed by atoms with Crippen molar-refractivity contribution in [1.82, 2.24) is 0 Å². The van der Waals surface area contributed by atoms with Crippen molar-refractivity contribution in [3.05, 3.63) is 158 Å². The molecule has 0 spiro atoms. The van der Waals surface area contributed by atoms with Crippen LogP contribution in [0.4, 0.5) is 0 Å². The molecular formula is C63H98O5. The number of carbonyl (C=O) groups excluding carboxylic acids is 2. The van der Waals surface area contributed by atoms with Crippen LogP contribution in [0.5, 0.6) is 0 Å². The van der Waals surface area contributed by atoms with E-state index in [1.165, 1.54) is 32.1 Å². The maximum absolute atomic E-state index is 12.3. The molecule has 0 aliphatic rings. The van der Waals surface area contributed by atoms with Gasteiger partial charge in [0.2, 0.25) is 0 Å². The molecule has 1 atom stereocenters. The summed E-state index contributed by atoms with van der Waals surface area (Å²) in [5, 5.41) is 9.65. The highest BCUT2D eigenvalue weighted by atomic mass is 16.6. The van der Waals surface area contributed by atoms with Gasteiger partial charge in [0.1, 0.15) is 6.61 Å². The van der Waals surface area contributed by atoms with Crippen molar-refractivity contribution in [2.24, 2.45) is 0 Å². The largest absolute Gasteiger partial charge is 0.462 e. The quantitative estimate of drug-likeness (QED) is 0.0374. The molecule has 0 amide bonds. The molecule has 380 valence electrons. The van der Waals surface area contributed by atoms with Crippen molar-refractivity contribution in [3.8, 4) is 0 Å². The average molecular weight is 935 g/mol. The number of aliphatic hydroxyl groups is 1. The molecule has 5 heteroatoms. The Balaban J connectivity index is 3.65. The van der Waals surface area contributed by atoms with Crippen molar-refractivity contribution >= 4 is 11.9 Å². The lowest BCUT2D eigenvalue weighted by molar-refractivity contribution is -0.161. The van der Waals surface area contributed by atoms with E-state index in [-0.39, 0.29) is 25.2 Å².